The zero-order valence-corrected chi connectivity index (χ0v) is 8.71. The van der Waals surface area contributed by atoms with E-state index in [4.69, 9.17) is 17.4 Å². The van der Waals surface area contributed by atoms with E-state index in [0.29, 0.717) is 23.4 Å². The molecule has 0 fully saturated rings. The molecule has 0 aliphatic rings. The van der Waals surface area contributed by atoms with Gasteiger partial charge in [0.25, 0.3) is 5.91 Å². The number of rotatable bonds is 2. The molecule has 5 heteroatoms. The molecule has 4 nitrogen and oxygen atoms in total. The third kappa shape index (κ3) is 3.58. The van der Waals surface area contributed by atoms with Crippen molar-refractivity contribution in [2.24, 2.45) is 5.84 Å². The van der Waals surface area contributed by atoms with Gasteiger partial charge in [-0.25, -0.2) is 5.84 Å². The number of nitrogen functional groups attached to an aromatic ring is 1. The van der Waals surface area contributed by atoms with Crippen LogP contribution < -0.4 is 11.3 Å². The molecule has 0 atom stereocenters. The number of hydrazine groups is 1. The molecule has 0 aliphatic heterocycles. The van der Waals surface area contributed by atoms with E-state index in [9.17, 15) is 4.79 Å². The number of hydrogen-bond acceptors (Lipinski definition) is 3. The first-order valence-corrected chi connectivity index (χ1v) is 4.82. The molecule has 1 amide bonds. The van der Waals surface area contributed by atoms with Crippen LogP contribution in [0.25, 0.3) is 0 Å². The molecule has 3 N–H and O–H groups in total. The number of hydrogen-bond donors (Lipinski definition) is 2. The first-order chi connectivity index (χ1) is 7.27. The van der Waals surface area contributed by atoms with Crippen LogP contribution >= 0.6 is 11.6 Å². The molecule has 1 heterocycles. The summed E-state index contributed by atoms with van der Waals surface area (Å²) < 4.78 is 0. The van der Waals surface area contributed by atoms with Gasteiger partial charge in [-0.3, -0.25) is 15.2 Å². The monoisotopic (exact) mass is 223 g/mol. The van der Waals surface area contributed by atoms with Crippen molar-refractivity contribution < 1.29 is 4.79 Å². The average molecular weight is 224 g/mol. The smallest absolute Gasteiger partial charge is 0.266 e. The summed E-state index contributed by atoms with van der Waals surface area (Å²) in [4.78, 5) is 15.0. The molecule has 1 aromatic rings. The molecule has 0 bridgehead atoms. The lowest BCUT2D eigenvalue weighted by Gasteiger charge is -1.98. The van der Waals surface area contributed by atoms with E-state index in [-0.39, 0.29) is 5.91 Å². The van der Waals surface area contributed by atoms with E-state index >= 15 is 0 Å². The van der Waals surface area contributed by atoms with Crippen molar-refractivity contribution in [3.8, 4) is 11.8 Å². The second kappa shape index (κ2) is 6.02. The number of alkyl halides is 1. The SMILES string of the molecule is NNC(=O)c1cncc(C#CCCCl)c1. The number of nitrogens with two attached hydrogens (primary N) is 1. The Labute approximate surface area is 92.8 Å². The molecule has 0 saturated carbocycles. The summed E-state index contributed by atoms with van der Waals surface area (Å²) >= 11 is 5.47. The molecule has 1 rings (SSSR count). The fraction of sp³-hybridized carbons (Fsp3) is 0.200. The van der Waals surface area contributed by atoms with Gasteiger partial charge in [-0.2, -0.15) is 0 Å². The van der Waals surface area contributed by atoms with Crippen LogP contribution in [-0.4, -0.2) is 16.8 Å². The maximum atomic E-state index is 11.2. The van der Waals surface area contributed by atoms with Crippen molar-refractivity contribution in [2.45, 2.75) is 6.42 Å². The highest BCUT2D eigenvalue weighted by Crippen LogP contribution is 2.00. The Bertz CT molecular complexity index is 409. The summed E-state index contributed by atoms with van der Waals surface area (Å²) in [6.45, 7) is 0. The highest BCUT2D eigenvalue weighted by atomic mass is 35.5. The number of aromatic nitrogens is 1. The van der Waals surface area contributed by atoms with Crippen molar-refractivity contribution in [3.05, 3.63) is 29.6 Å². The van der Waals surface area contributed by atoms with Gasteiger partial charge in [-0.15, -0.1) is 11.6 Å². The number of nitrogens with one attached hydrogen (secondary N) is 1. The van der Waals surface area contributed by atoms with E-state index < -0.39 is 0 Å². The average Bonchev–Trinajstić information content (AvgIpc) is 2.29. The first kappa shape index (κ1) is 11.5. The van der Waals surface area contributed by atoms with E-state index in [1.165, 1.54) is 6.20 Å². The Hall–Kier alpha value is -1.57. The van der Waals surface area contributed by atoms with Gasteiger partial charge >= 0.3 is 0 Å². The number of nitrogens with zero attached hydrogens (tertiary/aromatic N) is 1. The van der Waals surface area contributed by atoms with Crippen LogP contribution in [0.1, 0.15) is 22.3 Å². The maximum Gasteiger partial charge on any atom is 0.266 e. The predicted molar refractivity (Wildman–Crippen MR) is 58.1 cm³/mol. The predicted octanol–water partition coefficient (Wildman–Crippen LogP) is 0.665. The van der Waals surface area contributed by atoms with Crippen LogP contribution in [0.4, 0.5) is 0 Å². The highest BCUT2D eigenvalue weighted by molar-refractivity contribution is 6.18. The minimum atomic E-state index is -0.386. The Kier molecular flexibility index (Phi) is 4.61. The number of halogens is 1. The fourth-order valence-corrected chi connectivity index (χ4v) is 1.02. The number of carbonyl (C=O) groups excluding carboxylic acids is 1. The van der Waals surface area contributed by atoms with E-state index in [1.807, 2.05) is 5.43 Å². The minimum Gasteiger partial charge on any atom is -0.290 e. The van der Waals surface area contributed by atoms with Gasteiger partial charge < -0.3 is 0 Å². The van der Waals surface area contributed by atoms with Crippen molar-refractivity contribution in [1.82, 2.24) is 10.4 Å². The lowest BCUT2D eigenvalue weighted by molar-refractivity contribution is 0.0953. The Morgan fingerprint density at radius 2 is 2.40 bits per heavy atom. The zero-order valence-electron chi connectivity index (χ0n) is 7.96. The maximum absolute atomic E-state index is 11.2. The highest BCUT2D eigenvalue weighted by Gasteiger charge is 2.03. The second-order valence-electron chi connectivity index (χ2n) is 2.68. The molecule has 0 aromatic carbocycles. The third-order valence-corrected chi connectivity index (χ3v) is 1.77. The Morgan fingerprint density at radius 3 is 3.07 bits per heavy atom. The largest absolute Gasteiger partial charge is 0.290 e. The lowest BCUT2D eigenvalue weighted by atomic mass is 10.2. The third-order valence-electron chi connectivity index (χ3n) is 1.58. The summed E-state index contributed by atoms with van der Waals surface area (Å²) in [5, 5.41) is 0. The number of pyridine rings is 1. The van der Waals surface area contributed by atoms with Crippen LogP contribution in [0.5, 0.6) is 0 Å². The molecular formula is C10H10ClN3O. The molecular weight excluding hydrogens is 214 g/mol. The van der Waals surface area contributed by atoms with Crippen LogP contribution in [0.15, 0.2) is 18.5 Å². The van der Waals surface area contributed by atoms with Crippen molar-refractivity contribution >= 4 is 17.5 Å². The Morgan fingerprint density at radius 1 is 1.60 bits per heavy atom. The molecule has 0 saturated heterocycles. The van der Waals surface area contributed by atoms with Gasteiger partial charge in [0.15, 0.2) is 0 Å². The van der Waals surface area contributed by atoms with Crippen molar-refractivity contribution in [1.29, 1.82) is 0 Å². The normalized spacial score (nSPS) is 8.93. The van der Waals surface area contributed by atoms with E-state index in [2.05, 4.69) is 16.8 Å². The van der Waals surface area contributed by atoms with Gasteiger partial charge in [0, 0.05) is 30.3 Å². The van der Waals surface area contributed by atoms with Gasteiger partial charge in [0.05, 0.1) is 5.56 Å². The molecule has 0 spiro atoms. The van der Waals surface area contributed by atoms with Crippen LogP contribution in [-0.2, 0) is 0 Å². The van der Waals surface area contributed by atoms with Crippen molar-refractivity contribution in [3.63, 3.8) is 0 Å². The van der Waals surface area contributed by atoms with Crippen LogP contribution in [0.2, 0.25) is 0 Å². The number of carbonyl (C=O) groups is 1. The summed E-state index contributed by atoms with van der Waals surface area (Å²) in [7, 11) is 0. The van der Waals surface area contributed by atoms with Gasteiger partial charge in [-0.05, 0) is 6.07 Å². The van der Waals surface area contributed by atoms with Crippen molar-refractivity contribution in [2.75, 3.05) is 5.88 Å². The minimum absolute atomic E-state index is 0.384. The van der Waals surface area contributed by atoms with Gasteiger partial charge in [-0.1, -0.05) is 11.8 Å². The zero-order chi connectivity index (χ0) is 11.1. The van der Waals surface area contributed by atoms with E-state index in [1.54, 1.807) is 12.3 Å². The first-order valence-electron chi connectivity index (χ1n) is 4.28. The summed E-state index contributed by atoms with van der Waals surface area (Å²) in [6.07, 6.45) is 3.61. The number of amides is 1. The fourth-order valence-electron chi connectivity index (χ4n) is 0.928. The van der Waals surface area contributed by atoms with Crippen LogP contribution in [0.3, 0.4) is 0 Å². The quantitative estimate of drug-likeness (QED) is 0.255. The molecule has 1 aromatic heterocycles. The van der Waals surface area contributed by atoms with Crippen LogP contribution in [0, 0.1) is 11.8 Å². The topological polar surface area (TPSA) is 68.0 Å². The van der Waals surface area contributed by atoms with Gasteiger partial charge in [0.2, 0.25) is 0 Å². The standard InChI is InChI=1S/C10H10ClN3O/c11-4-2-1-3-8-5-9(7-13-6-8)10(15)14-12/h5-7H,2,4,12H2,(H,14,15). The summed E-state index contributed by atoms with van der Waals surface area (Å²) in [6, 6.07) is 1.62. The second-order valence-corrected chi connectivity index (χ2v) is 3.05. The summed E-state index contributed by atoms with van der Waals surface area (Å²) in [5.74, 6) is 10.8. The molecule has 0 unspecified atom stereocenters. The molecule has 15 heavy (non-hydrogen) atoms. The Balaban J connectivity index is 2.84. The van der Waals surface area contributed by atoms with Gasteiger partial charge in [0.1, 0.15) is 0 Å². The van der Waals surface area contributed by atoms with E-state index in [0.717, 1.165) is 0 Å². The lowest BCUT2D eigenvalue weighted by Crippen LogP contribution is -2.30. The molecule has 0 aliphatic carbocycles. The summed E-state index contributed by atoms with van der Waals surface area (Å²) in [5.41, 5.74) is 3.08. The molecule has 0 radical (unpaired) electrons. The molecule has 78 valence electrons.